The van der Waals surface area contributed by atoms with Gasteiger partial charge in [-0.05, 0) is 34.1 Å². The second kappa shape index (κ2) is 2.73. The van der Waals surface area contributed by atoms with Crippen molar-refractivity contribution in [3.05, 3.63) is 8.58 Å². The van der Waals surface area contributed by atoms with Crippen molar-refractivity contribution in [1.29, 1.82) is 0 Å². The van der Waals surface area contributed by atoms with Crippen molar-refractivity contribution < 1.29 is 0 Å². The molecule has 56 valence electrons. The Labute approximate surface area is 78.3 Å². The van der Waals surface area contributed by atoms with Crippen LogP contribution in [0.1, 0.15) is 25.6 Å². The molecule has 0 aromatic carbocycles. The first-order valence-corrected chi connectivity index (χ1v) is 4.85. The number of hydrogen-bond acceptors (Lipinski definition) is 3. The molecule has 10 heavy (non-hydrogen) atoms. The first-order chi connectivity index (χ1) is 4.52. The monoisotopic (exact) mass is 268 g/mol. The van der Waals surface area contributed by atoms with Gasteiger partial charge in [0.05, 0.1) is 4.88 Å². The van der Waals surface area contributed by atoms with Crippen molar-refractivity contribution in [2.75, 3.05) is 0 Å². The molecule has 1 rings (SSSR count). The van der Waals surface area contributed by atoms with Gasteiger partial charge in [0.15, 0.2) is 0 Å². The quantitative estimate of drug-likeness (QED) is 0.675. The predicted octanol–water partition coefficient (Wildman–Crippen LogP) is 2.44. The van der Waals surface area contributed by atoms with E-state index in [1.807, 2.05) is 0 Å². The average Bonchev–Trinajstić information content (AvgIpc) is 2.11. The van der Waals surface area contributed by atoms with Gasteiger partial charge in [0, 0.05) is 5.41 Å². The summed E-state index contributed by atoms with van der Waals surface area (Å²) in [7, 11) is 0. The Morgan fingerprint density at radius 3 is 2.20 bits per heavy atom. The predicted molar refractivity (Wildman–Crippen MR) is 51.3 cm³/mol. The highest BCUT2D eigenvalue weighted by Gasteiger charge is 2.19. The van der Waals surface area contributed by atoms with E-state index in [9.17, 15) is 0 Å². The van der Waals surface area contributed by atoms with Crippen molar-refractivity contribution in [3.63, 3.8) is 0 Å². The molecule has 1 heterocycles. The summed E-state index contributed by atoms with van der Waals surface area (Å²) < 4.78 is 4.91. The van der Waals surface area contributed by atoms with E-state index < -0.39 is 0 Å². The summed E-state index contributed by atoms with van der Waals surface area (Å²) in [6, 6.07) is 0. The Bertz CT molecular complexity index is 226. The van der Waals surface area contributed by atoms with Gasteiger partial charge in [-0.3, -0.25) is 0 Å². The van der Waals surface area contributed by atoms with Crippen LogP contribution in [0.4, 0.5) is 0 Å². The van der Waals surface area contributed by atoms with Crippen LogP contribution < -0.4 is 0 Å². The summed E-state index contributed by atoms with van der Waals surface area (Å²) in [6.45, 7) is 6.51. The summed E-state index contributed by atoms with van der Waals surface area (Å²) in [5.74, 6) is 0. The van der Waals surface area contributed by atoms with E-state index in [0.717, 1.165) is 3.70 Å². The van der Waals surface area contributed by atoms with E-state index in [2.05, 4.69) is 52.9 Å². The van der Waals surface area contributed by atoms with Gasteiger partial charge in [0.2, 0.25) is 0 Å². The van der Waals surface area contributed by atoms with Crippen LogP contribution in [0.2, 0.25) is 0 Å². The van der Waals surface area contributed by atoms with E-state index >= 15 is 0 Å². The summed E-state index contributed by atoms with van der Waals surface area (Å²) >= 11 is 3.71. The summed E-state index contributed by atoms with van der Waals surface area (Å²) in [5, 5.41) is 3.94. The minimum Gasteiger partial charge on any atom is -0.132 e. The highest BCUT2D eigenvalue weighted by Crippen LogP contribution is 2.28. The molecule has 0 amide bonds. The SMILES string of the molecule is CC(C)(C)c1snnc1I. The lowest BCUT2D eigenvalue weighted by atomic mass is 9.96. The first-order valence-electron chi connectivity index (χ1n) is 3.00. The van der Waals surface area contributed by atoms with Gasteiger partial charge in [-0.2, -0.15) is 0 Å². The van der Waals surface area contributed by atoms with Gasteiger partial charge >= 0.3 is 0 Å². The largest absolute Gasteiger partial charge is 0.140 e. The molecule has 0 saturated carbocycles. The number of nitrogens with zero attached hydrogens (tertiary/aromatic N) is 2. The van der Waals surface area contributed by atoms with Gasteiger partial charge in [-0.1, -0.05) is 25.3 Å². The average molecular weight is 268 g/mol. The summed E-state index contributed by atoms with van der Waals surface area (Å²) in [4.78, 5) is 1.27. The van der Waals surface area contributed by atoms with Crippen LogP contribution in [0.25, 0.3) is 0 Å². The Kier molecular flexibility index (Phi) is 2.29. The van der Waals surface area contributed by atoms with Crippen LogP contribution in [0, 0.1) is 3.70 Å². The van der Waals surface area contributed by atoms with Crippen molar-refractivity contribution >= 4 is 34.1 Å². The molecule has 4 heteroatoms. The van der Waals surface area contributed by atoms with Crippen LogP contribution >= 0.6 is 34.1 Å². The lowest BCUT2D eigenvalue weighted by molar-refractivity contribution is 0.598. The number of aromatic nitrogens is 2. The third-order valence-electron chi connectivity index (χ3n) is 1.13. The standard InChI is InChI=1S/C6H9IN2S/c1-6(2,3)4-5(7)8-9-10-4/h1-3H3. The normalized spacial score (nSPS) is 12.0. The van der Waals surface area contributed by atoms with E-state index in [1.54, 1.807) is 0 Å². The van der Waals surface area contributed by atoms with E-state index in [4.69, 9.17) is 0 Å². The Balaban J connectivity index is 3.05. The molecule has 2 nitrogen and oxygen atoms in total. The molecule has 0 radical (unpaired) electrons. The van der Waals surface area contributed by atoms with E-state index in [-0.39, 0.29) is 5.41 Å². The first kappa shape index (κ1) is 8.39. The number of rotatable bonds is 0. The molecule has 0 aliphatic carbocycles. The minimum atomic E-state index is 0.199. The van der Waals surface area contributed by atoms with Crippen LogP contribution in [-0.2, 0) is 5.41 Å². The zero-order valence-corrected chi connectivity index (χ0v) is 9.15. The fraction of sp³-hybridized carbons (Fsp3) is 0.667. The van der Waals surface area contributed by atoms with Gasteiger partial charge in [0.1, 0.15) is 3.70 Å². The van der Waals surface area contributed by atoms with Crippen LogP contribution in [0.3, 0.4) is 0 Å². The second-order valence-electron chi connectivity index (χ2n) is 3.14. The second-order valence-corrected chi connectivity index (χ2v) is 4.92. The maximum absolute atomic E-state index is 3.94. The van der Waals surface area contributed by atoms with Gasteiger partial charge in [-0.15, -0.1) is 5.10 Å². The Morgan fingerprint density at radius 2 is 2.00 bits per heavy atom. The number of hydrogen-bond donors (Lipinski definition) is 0. The molecule has 0 N–H and O–H groups in total. The molecule has 0 bridgehead atoms. The van der Waals surface area contributed by atoms with Gasteiger partial charge in [0.25, 0.3) is 0 Å². The molecule has 0 unspecified atom stereocenters. The molecular formula is C6H9IN2S. The number of halogens is 1. The summed E-state index contributed by atoms with van der Waals surface area (Å²) in [6.07, 6.45) is 0. The molecule has 0 spiro atoms. The van der Waals surface area contributed by atoms with Gasteiger partial charge < -0.3 is 0 Å². The Morgan fingerprint density at radius 1 is 1.40 bits per heavy atom. The zero-order valence-electron chi connectivity index (χ0n) is 6.18. The van der Waals surface area contributed by atoms with E-state index in [1.165, 1.54) is 16.4 Å². The molecule has 0 aliphatic rings. The van der Waals surface area contributed by atoms with Crippen LogP contribution in [-0.4, -0.2) is 9.59 Å². The minimum absolute atomic E-state index is 0.199. The maximum atomic E-state index is 3.94. The molecule has 1 aromatic rings. The maximum Gasteiger partial charge on any atom is 0.140 e. The third kappa shape index (κ3) is 1.66. The molecule has 0 aliphatic heterocycles. The smallest absolute Gasteiger partial charge is 0.132 e. The van der Waals surface area contributed by atoms with Crippen LogP contribution in [0.15, 0.2) is 0 Å². The van der Waals surface area contributed by atoms with Crippen molar-refractivity contribution in [1.82, 2.24) is 9.59 Å². The summed E-state index contributed by atoms with van der Waals surface area (Å²) in [5.41, 5.74) is 0.199. The molecular weight excluding hydrogens is 259 g/mol. The zero-order chi connectivity index (χ0) is 7.78. The van der Waals surface area contributed by atoms with E-state index in [0.29, 0.717) is 0 Å². The fourth-order valence-corrected chi connectivity index (χ4v) is 2.58. The lowest BCUT2D eigenvalue weighted by Crippen LogP contribution is -2.10. The lowest BCUT2D eigenvalue weighted by Gasteiger charge is -2.14. The topological polar surface area (TPSA) is 25.8 Å². The van der Waals surface area contributed by atoms with Crippen molar-refractivity contribution in [3.8, 4) is 0 Å². The van der Waals surface area contributed by atoms with Crippen molar-refractivity contribution in [2.24, 2.45) is 0 Å². The molecule has 0 atom stereocenters. The highest BCUT2D eigenvalue weighted by molar-refractivity contribution is 14.1. The van der Waals surface area contributed by atoms with Crippen molar-refractivity contribution in [2.45, 2.75) is 26.2 Å². The molecule has 1 aromatic heterocycles. The highest BCUT2D eigenvalue weighted by atomic mass is 127. The third-order valence-corrected chi connectivity index (χ3v) is 3.40. The fourth-order valence-electron chi connectivity index (χ4n) is 0.627. The molecule has 0 saturated heterocycles. The van der Waals surface area contributed by atoms with Crippen LogP contribution in [0.5, 0.6) is 0 Å². The Hall–Kier alpha value is 0.290. The molecule has 0 fully saturated rings. The van der Waals surface area contributed by atoms with Gasteiger partial charge in [-0.25, -0.2) is 0 Å².